The van der Waals surface area contributed by atoms with E-state index in [1.807, 2.05) is 0 Å². The number of phenolic OH excluding ortho intramolecular Hbond substituents is 1. The quantitative estimate of drug-likeness (QED) is 0.747. The number of aromatic hydroxyl groups is 1. The Labute approximate surface area is 147 Å². The minimum Gasteiger partial charge on any atom is -0.507 e. The molecule has 3 aromatic rings. The standard InChI is InChI=1S/C16H12Cl2N4O2/c1-22-15(11-10(23)3-2-9(17)13(11)18)12(16(19)24)14(21-22)8-4-6-20-7-5-8/h2-7,23H,1H3,(H2,19,24). The fourth-order valence-electron chi connectivity index (χ4n) is 2.52. The van der Waals surface area contributed by atoms with Crippen molar-refractivity contribution in [3.05, 3.63) is 52.3 Å². The first-order valence-electron chi connectivity index (χ1n) is 6.86. The van der Waals surface area contributed by atoms with Crippen LogP contribution in [0.15, 0.2) is 36.7 Å². The van der Waals surface area contributed by atoms with E-state index in [9.17, 15) is 9.90 Å². The van der Waals surface area contributed by atoms with Gasteiger partial charge in [0, 0.05) is 25.0 Å². The summed E-state index contributed by atoms with van der Waals surface area (Å²) in [6, 6.07) is 6.27. The number of rotatable bonds is 3. The summed E-state index contributed by atoms with van der Waals surface area (Å²) in [5, 5.41) is 15.0. The number of carbonyl (C=O) groups excluding carboxylic acids is 1. The predicted molar refractivity (Wildman–Crippen MR) is 92.1 cm³/mol. The van der Waals surface area contributed by atoms with E-state index in [-0.39, 0.29) is 26.9 Å². The van der Waals surface area contributed by atoms with E-state index >= 15 is 0 Å². The molecule has 3 N–H and O–H groups in total. The lowest BCUT2D eigenvalue weighted by molar-refractivity contribution is 0.100. The van der Waals surface area contributed by atoms with Crippen molar-refractivity contribution in [2.75, 3.05) is 0 Å². The van der Waals surface area contributed by atoms with Crippen molar-refractivity contribution in [3.63, 3.8) is 0 Å². The number of hydrogen-bond acceptors (Lipinski definition) is 4. The van der Waals surface area contributed by atoms with Crippen LogP contribution in [0.2, 0.25) is 10.0 Å². The van der Waals surface area contributed by atoms with Crippen molar-refractivity contribution < 1.29 is 9.90 Å². The van der Waals surface area contributed by atoms with Gasteiger partial charge in [-0.3, -0.25) is 14.5 Å². The summed E-state index contributed by atoms with van der Waals surface area (Å²) in [7, 11) is 1.63. The number of carbonyl (C=O) groups is 1. The van der Waals surface area contributed by atoms with Gasteiger partial charge in [-0.1, -0.05) is 23.2 Å². The molecule has 0 unspecified atom stereocenters. The van der Waals surface area contributed by atoms with Gasteiger partial charge in [-0.15, -0.1) is 0 Å². The third kappa shape index (κ3) is 2.60. The van der Waals surface area contributed by atoms with Crippen LogP contribution >= 0.6 is 23.2 Å². The van der Waals surface area contributed by atoms with E-state index in [4.69, 9.17) is 28.9 Å². The number of nitrogens with zero attached hydrogens (tertiary/aromatic N) is 3. The zero-order chi connectivity index (χ0) is 17.4. The second-order valence-electron chi connectivity index (χ2n) is 5.05. The number of primary amides is 1. The van der Waals surface area contributed by atoms with Gasteiger partial charge in [-0.2, -0.15) is 5.10 Å². The van der Waals surface area contributed by atoms with Gasteiger partial charge in [0.05, 0.1) is 26.9 Å². The molecule has 1 aromatic carbocycles. The third-order valence-corrected chi connectivity index (χ3v) is 4.36. The Morgan fingerprint density at radius 2 is 1.88 bits per heavy atom. The molecule has 0 spiro atoms. The van der Waals surface area contributed by atoms with Crippen LogP contribution in [0.3, 0.4) is 0 Å². The van der Waals surface area contributed by atoms with Crippen LogP contribution in [0, 0.1) is 0 Å². The first-order chi connectivity index (χ1) is 11.4. The minimum absolute atomic E-state index is 0.114. The van der Waals surface area contributed by atoms with Gasteiger partial charge >= 0.3 is 0 Å². The summed E-state index contributed by atoms with van der Waals surface area (Å²) in [5.74, 6) is -0.823. The maximum atomic E-state index is 12.1. The first-order valence-corrected chi connectivity index (χ1v) is 7.62. The van der Waals surface area contributed by atoms with Crippen LogP contribution in [0.5, 0.6) is 5.75 Å². The summed E-state index contributed by atoms with van der Waals surface area (Å²) < 4.78 is 1.44. The van der Waals surface area contributed by atoms with Gasteiger partial charge in [0.25, 0.3) is 5.91 Å². The summed E-state index contributed by atoms with van der Waals surface area (Å²) in [6.45, 7) is 0. The maximum absolute atomic E-state index is 12.1. The Morgan fingerprint density at radius 3 is 2.50 bits per heavy atom. The molecular formula is C16H12Cl2N4O2. The lowest BCUT2D eigenvalue weighted by Crippen LogP contribution is -2.13. The number of nitrogens with two attached hydrogens (primary N) is 1. The molecule has 1 amide bonds. The van der Waals surface area contributed by atoms with Gasteiger partial charge in [0.1, 0.15) is 11.4 Å². The van der Waals surface area contributed by atoms with E-state index in [0.717, 1.165) is 0 Å². The summed E-state index contributed by atoms with van der Waals surface area (Å²) in [5.41, 5.74) is 7.25. The van der Waals surface area contributed by atoms with E-state index in [1.54, 1.807) is 31.6 Å². The lowest BCUT2D eigenvalue weighted by Gasteiger charge is -2.10. The molecule has 2 aromatic heterocycles. The highest BCUT2D eigenvalue weighted by molar-refractivity contribution is 6.44. The zero-order valence-corrected chi connectivity index (χ0v) is 14.0. The molecule has 0 aliphatic rings. The number of phenols is 1. The van der Waals surface area contributed by atoms with Gasteiger partial charge < -0.3 is 10.8 Å². The molecule has 0 aliphatic heterocycles. The lowest BCUT2D eigenvalue weighted by atomic mass is 10.0. The maximum Gasteiger partial charge on any atom is 0.253 e. The van der Waals surface area contributed by atoms with Crippen molar-refractivity contribution in [1.29, 1.82) is 0 Å². The number of hydrogen-bond donors (Lipinski definition) is 2. The highest BCUT2D eigenvalue weighted by Crippen LogP contribution is 2.43. The van der Waals surface area contributed by atoms with E-state index in [0.29, 0.717) is 17.0 Å². The molecule has 0 bridgehead atoms. The van der Waals surface area contributed by atoms with Crippen molar-refractivity contribution in [2.45, 2.75) is 0 Å². The van der Waals surface area contributed by atoms with Crippen LogP contribution in [-0.2, 0) is 7.05 Å². The van der Waals surface area contributed by atoms with Gasteiger partial charge in [-0.25, -0.2) is 0 Å². The van der Waals surface area contributed by atoms with Crippen LogP contribution in [0.25, 0.3) is 22.5 Å². The third-order valence-electron chi connectivity index (χ3n) is 3.56. The molecule has 0 saturated carbocycles. The van der Waals surface area contributed by atoms with Gasteiger partial charge in [0.15, 0.2) is 0 Å². The topological polar surface area (TPSA) is 94.0 Å². The number of aryl methyl sites for hydroxylation is 1. The molecular weight excluding hydrogens is 351 g/mol. The first kappa shape index (κ1) is 16.3. The number of pyridine rings is 1. The second-order valence-corrected chi connectivity index (χ2v) is 5.84. The van der Waals surface area contributed by atoms with Crippen LogP contribution in [0.4, 0.5) is 0 Å². The number of halogens is 2. The normalized spacial score (nSPS) is 10.8. The molecule has 0 radical (unpaired) electrons. The average Bonchev–Trinajstić information content (AvgIpc) is 2.90. The Balaban J connectivity index is 2.37. The predicted octanol–water partition coefficient (Wildman–Crippen LogP) is 3.26. The number of benzene rings is 1. The monoisotopic (exact) mass is 362 g/mol. The zero-order valence-electron chi connectivity index (χ0n) is 12.5. The number of amides is 1. The molecule has 6 nitrogen and oxygen atoms in total. The molecule has 24 heavy (non-hydrogen) atoms. The molecule has 122 valence electrons. The highest BCUT2D eigenvalue weighted by atomic mass is 35.5. The summed E-state index contributed by atoms with van der Waals surface area (Å²) in [4.78, 5) is 16.0. The van der Waals surface area contributed by atoms with Gasteiger partial charge in [-0.05, 0) is 24.3 Å². The van der Waals surface area contributed by atoms with Crippen molar-refractivity contribution in [1.82, 2.24) is 14.8 Å². The Hall–Kier alpha value is -2.57. The van der Waals surface area contributed by atoms with E-state index < -0.39 is 5.91 Å². The molecule has 8 heteroatoms. The van der Waals surface area contributed by atoms with Crippen molar-refractivity contribution in [3.8, 4) is 28.3 Å². The van der Waals surface area contributed by atoms with E-state index in [1.165, 1.54) is 16.8 Å². The van der Waals surface area contributed by atoms with Crippen molar-refractivity contribution in [2.24, 2.45) is 12.8 Å². The fourth-order valence-corrected chi connectivity index (χ4v) is 2.93. The summed E-state index contributed by atoms with van der Waals surface area (Å²) >= 11 is 12.3. The van der Waals surface area contributed by atoms with E-state index in [2.05, 4.69) is 10.1 Å². The number of aromatic nitrogens is 3. The largest absolute Gasteiger partial charge is 0.507 e. The molecule has 2 heterocycles. The van der Waals surface area contributed by atoms with Crippen LogP contribution in [-0.4, -0.2) is 25.8 Å². The van der Waals surface area contributed by atoms with Crippen LogP contribution in [0.1, 0.15) is 10.4 Å². The molecule has 0 aliphatic carbocycles. The molecule has 0 fully saturated rings. The van der Waals surface area contributed by atoms with Gasteiger partial charge in [0.2, 0.25) is 0 Å². The van der Waals surface area contributed by atoms with Crippen LogP contribution < -0.4 is 5.73 Å². The van der Waals surface area contributed by atoms with Crippen molar-refractivity contribution >= 4 is 29.1 Å². The Bertz CT molecular complexity index is 939. The highest BCUT2D eigenvalue weighted by Gasteiger charge is 2.27. The smallest absolute Gasteiger partial charge is 0.253 e. The molecule has 3 rings (SSSR count). The molecule has 0 atom stereocenters. The minimum atomic E-state index is -0.694. The average molecular weight is 363 g/mol. The summed E-state index contributed by atoms with van der Waals surface area (Å²) in [6.07, 6.45) is 3.16. The SMILES string of the molecule is Cn1nc(-c2ccncc2)c(C(N)=O)c1-c1c(O)ccc(Cl)c1Cl. The Kier molecular flexibility index (Phi) is 4.17. The Morgan fingerprint density at radius 1 is 1.21 bits per heavy atom. The molecule has 0 saturated heterocycles. The second kappa shape index (κ2) is 6.14. The fraction of sp³-hybridized carbons (Fsp3) is 0.0625.